The second-order valence-corrected chi connectivity index (χ2v) is 8.74. The molecule has 3 atom stereocenters. The maximum atomic E-state index is 13.1. The summed E-state index contributed by atoms with van der Waals surface area (Å²) < 4.78 is 0. The van der Waals surface area contributed by atoms with Gasteiger partial charge in [0.15, 0.2) is 5.78 Å². The number of Topliss-reactive ketones (excluding diaryl/α,β-unsaturated/α-hetero) is 1. The molecule has 1 aromatic heterocycles. The Balaban J connectivity index is 1.70. The number of benzene rings is 1. The first-order valence-electron chi connectivity index (χ1n) is 10.3. The molecule has 1 aliphatic heterocycles. The van der Waals surface area contributed by atoms with Gasteiger partial charge in [-0.25, -0.2) is 4.79 Å². The molecule has 1 aliphatic rings. The van der Waals surface area contributed by atoms with E-state index in [2.05, 4.69) is 5.32 Å². The van der Waals surface area contributed by atoms with Crippen LogP contribution in [-0.4, -0.2) is 52.2 Å². The van der Waals surface area contributed by atoms with Crippen molar-refractivity contribution in [3.63, 3.8) is 0 Å². The molecule has 1 aromatic carbocycles. The Labute approximate surface area is 185 Å². The molecule has 2 aromatic rings. The first-order valence-corrected chi connectivity index (χ1v) is 11.2. The van der Waals surface area contributed by atoms with Gasteiger partial charge in [-0.3, -0.25) is 14.4 Å². The van der Waals surface area contributed by atoms with E-state index in [9.17, 15) is 24.3 Å². The second kappa shape index (κ2) is 10.3. The number of carbonyl (C=O) groups is 4. The molecule has 7 nitrogen and oxygen atoms in total. The van der Waals surface area contributed by atoms with Gasteiger partial charge in [0.1, 0.15) is 6.04 Å². The van der Waals surface area contributed by atoms with E-state index >= 15 is 0 Å². The molecule has 2 unspecified atom stereocenters. The fourth-order valence-corrected chi connectivity index (χ4v) is 4.46. The highest BCUT2D eigenvalue weighted by Crippen LogP contribution is 2.22. The van der Waals surface area contributed by atoms with Gasteiger partial charge < -0.3 is 15.3 Å². The molecule has 2 heterocycles. The van der Waals surface area contributed by atoms with Crippen molar-refractivity contribution in [1.29, 1.82) is 0 Å². The SMILES string of the molecule is CC(CC(=O)C(Cc1ccccc1)NC(=O)c1cccs1)C(=O)N1CCC[C@H]1C(=O)O. The number of carboxylic acids is 1. The second-order valence-electron chi connectivity index (χ2n) is 7.79. The lowest BCUT2D eigenvalue weighted by Crippen LogP contribution is -2.46. The summed E-state index contributed by atoms with van der Waals surface area (Å²) in [6, 6.07) is 11.2. The molecule has 2 amide bonds. The summed E-state index contributed by atoms with van der Waals surface area (Å²) in [6.45, 7) is 2.02. The van der Waals surface area contributed by atoms with Gasteiger partial charge in [0, 0.05) is 18.9 Å². The predicted molar refractivity (Wildman–Crippen MR) is 117 cm³/mol. The highest BCUT2D eigenvalue weighted by atomic mass is 32.1. The van der Waals surface area contributed by atoms with Crippen LogP contribution in [-0.2, 0) is 20.8 Å². The van der Waals surface area contributed by atoms with E-state index in [1.807, 2.05) is 30.3 Å². The third-order valence-corrected chi connectivity index (χ3v) is 6.34. The lowest BCUT2D eigenvalue weighted by molar-refractivity contribution is -0.150. The molecule has 0 radical (unpaired) electrons. The molecule has 164 valence electrons. The van der Waals surface area contributed by atoms with Gasteiger partial charge >= 0.3 is 5.97 Å². The molecule has 0 spiro atoms. The largest absolute Gasteiger partial charge is 0.480 e. The number of carboxylic acid groups (broad SMARTS) is 1. The summed E-state index contributed by atoms with van der Waals surface area (Å²) in [5.74, 6) is -2.59. The van der Waals surface area contributed by atoms with E-state index in [4.69, 9.17) is 0 Å². The number of nitrogens with one attached hydrogen (secondary N) is 1. The monoisotopic (exact) mass is 442 g/mol. The first kappa shape index (κ1) is 22.7. The number of nitrogens with zero attached hydrogens (tertiary/aromatic N) is 1. The summed E-state index contributed by atoms with van der Waals surface area (Å²) in [7, 11) is 0. The molecule has 0 saturated carbocycles. The molecule has 2 N–H and O–H groups in total. The average molecular weight is 443 g/mol. The van der Waals surface area contributed by atoms with Crippen molar-refractivity contribution >= 4 is 34.9 Å². The van der Waals surface area contributed by atoms with Crippen LogP contribution in [0.2, 0.25) is 0 Å². The van der Waals surface area contributed by atoms with Crippen LogP contribution >= 0.6 is 11.3 Å². The van der Waals surface area contributed by atoms with E-state index in [-0.39, 0.29) is 24.0 Å². The van der Waals surface area contributed by atoms with Crippen molar-refractivity contribution in [1.82, 2.24) is 10.2 Å². The summed E-state index contributed by atoms with van der Waals surface area (Å²) in [5.41, 5.74) is 0.900. The number of hydrogen-bond donors (Lipinski definition) is 2. The molecule has 8 heteroatoms. The van der Waals surface area contributed by atoms with Gasteiger partial charge in [-0.1, -0.05) is 43.3 Å². The zero-order chi connectivity index (χ0) is 22.4. The minimum Gasteiger partial charge on any atom is -0.480 e. The predicted octanol–water partition coefficient (Wildman–Crippen LogP) is 2.76. The Morgan fingerprint density at radius 3 is 2.55 bits per heavy atom. The van der Waals surface area contributed by atoms with Crippen LogP contribution < -0.4 is 5.32 Å². The van der Waals surface area contributed by atoms with Gasteiger partial charge in [0.05, 0.1) is 10.9 Å². The zero-order valence-electron chi connectivity index (χ0n) is 17.3. The normalized spacial score (nSPS) is 17.7. The topological polar surface area (TPSA) is 104 Å². The van der Waals surface area contributed by atoms with Crippen LogP contribution in [0.3, 0.4) is 0 Å². The van der Waals surface area contributed by atoms with Crippen LogP contribution in [0.15, 0.2) is 47.8 Å². The Morgan fingerprint density at radius 2 is 1.90 bits per heavy atom. The number of aliphatic carboxylic acids is 1. The summed E-state index contributed by atoms with van der Waals surface area (Å²) in [5, 5.41) is 13.9. The number of carbonyl (C=O) groups excluding carboxylic acids is 3. The maximum Gasteiger partial charge on any atom is 0.326 e. The summed E-state index contributed by atoms with van der Waals surface area (Å²) in [4.78, 5) is 51.7. The van der Waals surface area contributed by atoms with Crippen LogP contribution in [0.5, 0.6) is 0 Å². The summed E-state index contributed by atoms with van der Waals surface area (Å²) in [6.07, 6.45) is 1.31. The van der Waals surface area contributed by atoms with Crippen molar-refractivity contribution < 1.29 is 24.3 Å². The fourth-order valence-electron chi connectivity index (χ4n) is 3.83. The highest BCUT2D eigenvalue weighted by molar-refractivity contribution is 7.12. The molecule has 0 aliphatic carbocycles. The lowest BCUT2D eigenvalue weighted by Gasteiger charge is -2.26. The van der Waals surface area contributed by atoms with Gasteiger partial charge in [-0.2, -0.15) is 0 Å². The van der Waals surface area contributed by atoms with Crippen LogP contribution in [0, 0.1) is 5.92 Å². The quantitative estimate of drug-likeness (QED) is 0.622. The number of ketones is 1. The van der Waals surface area contributed by atoms with Gasteiger partial charge in [0.25, 0.3) is 5.91 Å². The first-order chi connectivity index (χ1) is 14.9. The van der Waals surface area contributed by atoms with Crippen molar-refractivity contribution in [2.24, 2.45) is 5.92 Å². The van der Waals surface area contributed by atoms with Gasteiger partial charge in [-0.15, -0.1) is 11.3 Å². The number of thiophene rings is 1. The summed E-state index contributed by atoms with van der Waals surface area (Å²) >= 11 is 1.29. The van der Waals surface area contributed by atoms with Crippen LogP contribution in [0.4, 0.5) is 0 Å². The Bertz CT molecular complexity index is 929. The third-order valence-electron chi connectivity index (χ3n) is 5.47. The van der Waals surface area contributed by atoms with Crippen molar-refractivity contribution in [3.8, 4) is 0 Å². The van der Waals surface area contributed by atoms with Gasteiger partial charge in [0.2, 0.25) is 5.91 Å². The van der Waals surface area contributed by atoms with Gasteiger partial charge in [-0.05, 0) is 36.3 Å². The Morgan fingerprint density at radius 1 is 1.16 bits per heavy atom. The molecule has 0 bridgehead atoms. The molecule has 1 saturated heterocycles. The molecule has 1 fully saturated rings. The molecular formula is C23H26N2O5S. The highest BCUT2D eigenvalue weighted by Gasteiger charge is 2.37. The van der Waals surface area contributed by atoms with Crippen LogP contribution in [0.1, 0.15) is 41.4 Å². The minimum absolute atomic E-state index is 0.0656. The third kappa shape index (κ3) is 5.79. The van der Waals surface area contributed by atoms with E-state index in [0.717, 1.165) is 5.56 Å². The standard InChI is InChI=1S/C23H26N2O5S/c1-15(22(28)25-11-5-9-18(25)23(29)30)13-19(26)17(14-16-7-3-2-4-8-16)24-21(27)20-10-6-12-31-20/h2-4,6-8,10,12,15,17-18H,5,9,11,13-14H2,1H3,(H,24,27)(H,29,30)/t15?,17?,18-/m0/s1. The van der Waals surface area contributed by atoms with E-state index in [0.29, 0.717) is 30.7 Å². The van der Waals surface area contributed by atoms with Crippen molar-refractivity contribution in [3.05, 3.63) is 58.3 Å². The lowest BCUT2D eigenvalue weighted by atomic mass is 9.94. The van der Waals surface area contributed by atoms with E-state index in [1.165, 1.54) is 16.2 Å². The van der Waals surface area contributed by atoms with E-state index < -0.39 is 24.0 Å². The maximum absolute atomic E-state index is 13.1. The smallest absolute Gasteiger partial charge is 0.326 e. The van der Waals surface area contributed by atoms with Crippen molar-refractivity contribution in [2.45, 2.75) is 44.7 Å². The number of hydrogen-bond acceptors (Lipinski definition) is 5. The Kier molecular flexibility index (Phi) is 7.57. The van der Waals surface area contributed by atoms with E-state index in [1.54, 1.807) is 24.4 Å². The van der Waals surface area contributed by atoms with Crippen LogP contribution in [0.25, 0.3) is 0 Å². The number of likely N-dealkylation sites (tertiary alicyclic amines) is 1. The number of amides is 2. The molecule has 3 rings (SSSR count). The average Bonchev–Trinajstić information content (AvgIpc) is 3.45. The molecule has 31 heavy (non-hydrogen) atoms. The van der Waals surface area contributed by atoms with Crippen molar-refractivity contribution in [2.75, 3.05) is 6.54 Å². The minimum atomic E-state index is -1.02. The number of rotatable bonds is 9. The molecular weight excluding hydrogens is 416 g/mol. The fraction of sp³-hybridized carbons (Fsp3) is 0.391. The Hall–Kier alpha value is -3.00. The zero-order valence-corrected chi connectivity index (χ0v) is 18.1.